The highest BCUT2D eigenvalue weighted by Crippen LogP contribution is 2.23. The largest absolute Gasteiger partial charge is 0.398 e. The first-order chi connectivity index (χ1) is 9.29. The predicted octanol–water partition coefficient (Wildman–Crippen LogP) is 2.83. The number of benzene rings is 2. The molecule has 0 saturated carbocycles. The van der Waals surface area contributed by atoms with Crippen LogP contribution >= 0.6 is 0 Å². The molecule has 0 aromatic heterocycles. The molecule has 2 aromatic rings. The lowest BCUT2D eigenvalue weighted by Crippen LogP contribution is -2.15. The minimum Gasteiger partial charge on any atom is -0.398 e. The molecule has 4 nitrogen and oxygen atoms in total. The summed E-state index contributed by atoms with van der Waals surface area (Å²) in [5.74, 6) is -0.576. The molecule has 3 N–H and O–H groups in total. The van der Waals surface area contributed by atoms with E-state index in [9.17, 15) is 12.8 Å². The average molecular weight is 294 g/mol. The zero-order valence-corrected chi connectivity index (χ0v) is 12.0. The van der Waals surface area contributed by atoms with Crippen molar-refractivity contribution in [1.82, 2.24) is 0 Å². The van der Waals surface area contributed by atoms with E-state index in [0.717, 1.165) is 29.3 Å². The third kappa shape index (κ3) is 2.91. The third-order valence-electron chi connectivity index (χ3n) is 3.02. The SMILES string of the molecule is Cc1ccc(NS(=O)(=O)c2ccc(F)cc2N)cc1C. The van der Waals surface area contributed by atoms with Crippen LogP contribution in [0.2, 0.25) is 0 Å². The second kappa shape index (κ2) is 5.13. The fourth-order valence-corrected chi connectivity index (χ4v) is 2.94. The molecule has 0 unspecified atom stereocenters. The molecule has 2 aromatic carbocycles. The molecule has 0 heterocycles. The Morgan fingerprint density at radius 3 is 2.35 bits per heavy atom. The molecule has 0 aliphatic carbocycles. The molecule has 2 rings (SSSR count). The molecule has 0 amide bonds. The van der Waals surface area contributed by atoms with Gasteiger partial charge in [-0.2, -0.15) is 0 Å². The van der Waals surface area contributed by atoms with Crippen LogP contribution in [0, 0.1) is 19.7 Å². The lowest BCUT2D eigenvalue weighted by atomic mass is 10.1. The Balaban J connectivity index is 2.38. The molecular weight excluding hydrogens is 279 g/mol. The van der Waals surface area contributed by atoms with Crippen LogP contribution < -0.4 is 10.5 Å². The summed E-state index contributed by atoms with van der Waals surface area (Å²) in [6.45, 7) is 3.82. The van der Waals surface area contributed by atoms with Crippen molar-refractivity contribution in [3.8, 4) is 0 Å². The Morgan fingerprint density at radius 2 is 1.75 bits per heavy atom. The number of nitrogens with one attached hydrogen (secondary N) is 1. The van der Waals surface area contributed by atoms with Gasteiger partial charge in [-0.25, -0.2) is 12.8 Å². The van der Waals surface area contributed by atoms with Gasteiger partial charge in [0.2, 0.25) is 0 Å². The number of aryl methyl sites for hydroxylation is 2. The number of rotatable bonds is 3. The Hall–Kier alpha value is -2.08. The Kier molecular flexibility index (Phi) is 3.67. The number of hydrogen-bond donors (Lipinski definition) is 2. The van der Waals surface area contributed by atoms with Gasteiger partial charge in [0.15, 0.2) is 0 Å². The van der Waals surface area contributed by atoms with Crippen LogP contribution in [-0.4, -0.2) is 8.42 Å². The monoisotopic (exact) mass is 294 g/mol. The second-order valence-corrected chi connectivity index (χ2v) is 6.24. The highest BCUT2D eigenvalue weighted by molar-refractivity contribution is 7.92. The Morgan fingerprint density at radius 1 is 1.05 bits per heavy atom. The van der Waals surface area contributed by atoms with Crippen LogP contribution in [-0.2, 0) is 10.0 Å². The smallest absolute Gasteiger partial charge is 0.263 e. The normalized spacial score (nSPS) is 11.3. The quantitative estimate of drug-likeness (QED) is 0.855. The van der Waals surface area contributed by atoms with Crippen molar-refractivity contribution in [2.45, 2.75) is 18.7 Å². The van der Waals surface area contributed by atoms with Crippen molar-refractivity contribution >= 4 is 21.4 Å². The van der Waals surface area contributed by atoms with Gasteiger partial charge in [-0.3, -0.25) is 4.72 Å². The minimum atomic E-state index is -3.83. The van der Waals surface area contributed by atoms with Gasteiger partial charge >= 0.3 is 0 Å². The van der Waals surface area contributed by atoms with Gasteiger partial charge in [-0.05, 0) is 55.3 Å². The van der Waals surface area contributed by atoms with E-state index >= 15 is 0 Å². The van der Waals surface area contributed by atoms with E-state index in [1.54, 1.807) is 12.1 Å². The van der Waals surface area contributed by atoms with Crippen molar-refractivity contribution in [2.24, 2.45) is 0 Å². The fraction of sp³-hybridized carbons (Fsp3) is 0.143. The van der Waals surface area contributed by atoms with Crippen molar-refractivity contribution in [3.63, 3.8) is 0 Å². The van der Waals surface area contributed by atoms with Crippen LogP contribution in [0.25, 0.3) is 0 Å². The molecule has 0 aliphatic rings. The minimum absolute atomic E-state index is 0.124. The van der Waals surface area contributed by atoms with Crippen LogP contribution in [0.3, 0.4) is 0 Å². The molecule has 0 radical (unpaired) electrons. The summed E-state index contributed by atoms with van der Waals surface area (Å²) >= 11 is 0. The second-order valence-electron chi connectivity index (χ2n) is 4.59. The number of halogens is 1. The Labute approximate surface area is 117 Å². The molecule has 0 aliphatic heterocycles. The number of anilines is 2. The molecule has 106 valence electrons. The Bertz CT molecular complexity index is 758. The van der Waals surface area contributed by atoms with Crippen molar-refractivity contribution in [3.05, 3.63) is 53.3 Å². The summed E-state index contributed by atoms with van der Waals surface area (Å²) in [7, 11) is -3.83. The topological polar surface area (TPSA) is 72.2 Å². The maximum Gasteiger partial charge on any atom is 0.263 e. The van der Waals surface area contributed by atoms with Gasteiger partial charge in [0.1, 0.15) is 10.7 Å². The zero-order valence-electron chi connectivity index (χ0n) is 11.1. The first kappa shape index (κ1) is 14.3. The summed E-state index contributed by atoms with van der Waals surface area (Å²) in [5.41, 5.74) is 7.91. The number of hydrogen-bond acceptors (Lipinski definition) is 3. The lowest BCUT2D eigenvalue weighted by molar-refractivity contribution is 0.600. The number of sulfonamides is 1. The van der Waals surface area contributed by atoms with Gasteiger partial charge in [-0.15, -0.1) is 0 Å². The molecule has 0 spiro atoms. The van der Waals surface area contributed by atoms with Gasteiger partial charge < -0.3 is 5.73 Å². The summed E-state index contributed by atoms with van der Waals surface area (Å²) < 4.78 is 39.8. The van der Waals surface area contributed by atoms with Crippen molar-refractivity contribution in [1.29, 1.82) is 0 Å². The van der Waals surface area contributed by atoms with Gasteiger partial charge in [0, 0.05) is 5.69 Å². The first-order valence-corrected chi connectivity index (χ1v) is 7.43. The maximum atomic E-state index is 13.0. The van der Waals surface area contributed by atoms with Gasteiger partial charge in [-0.1, -0.05) is 6.07 Å². The highest BCUT2D eigenvalue weighted by Gasteiger charge is 2.18. The summed E-state index contributed by atoms with van der Waals surface area (Å²) in [4.78, 5) is -0.142. The molecule has 6 heteroatoms. The number of nitrogen functional groups attached to an aromatic ring is 1. The van der Waals surface area contributed by atoms with E-state index in [-0.39, 0.29) is 10.6 Å². The van der Waals surface area contributed by atoms with Crippen LogP contribution in [0.15, 0.2) is 41.3 Å². The molecule has 0 atom stereocenters. The van der Waals surface area contributed by atoms with E-state index in [4.69, 9.17) is 5.73 Å². The molecule has 0 fully saturated rings. The van der Waals surface area contributed by atoms with E-state index in [1.807, 2.05) is 19.9 Å². The fourth-order valence-electron chi connectivity index (χ4n) is 1.78. The van der Waals surface area contributed by atoms with Crippen molar-refractivity contribution in [2.75, 3.05) is 10.5 Å². The third-order valence-corrected chi connectivity index (χ3v) is 4.48. The molecular formula is C14H15FN2O2S. The van der Waals surface area contributed by atoms with Crippen LogP contribution in [0.5, 0.6) is 0 Å². The first-order valence-electron chi connectivity index (χ1n) is 5.95. The lowest BCUT2D eigenvalue weighted by Gasteiger charge is -2.11. The molecule has 0 bridgehead atoms. The van der Waals surface area contributed by atoms with Crippen LogP contribution in [0.4, 0.5) is 15.8 Å². The van der Waals surface area contributed by atoms with E-state index in [1.165, 1.54) is 0 Å². The molecule has 0 saturated heterocycles. The highest BCUT2D eigenvalue weighted by atomic mass is 32.2. The van der Waals surface area contributed by atoms with E-state index < -0.39 is 15.8 Å². The van der Waals surface area contributed by atoms with Gasteiger partial charge in [0.05, 0.1) is 5.69 Å². The maximum absolute atomic E-state index is 13.0. The van der Waals surface area contributed by atoms with E-state index in [2.05, 4.69) is 4.72 Å². The molecule has 20 heavy (non-hydrogen) atoms. The predicted molar refractivity (Wildman–Crippen MR) is 77.5 cm³/mol. The zero-order chi connectivity index (χ0) is 14.9. The standard InChI is InChI=1S/C14H15FN2O2S/c1-9-3-5-12(7-10(9)2)17-20(18,19)14-6-4-11(15)8-13(14)16/h3-8,17H,16H2,1-2H3. The summed E-state index contributed by atoms with van der Waals surface area (Å²) in [6, 6.07) is 8.40. The summed E-state index contributed by atoms with van der Waals surface area (Å²) in [5, 5.41) is 0. The average Bonchev–Trinajstić information content (AvgIpc) is 2.33. The van der Waals surface area contributed by atoms with Crippen LogP contribution in [0.1, 0.15) is 11.1 Å². The van der Waals surface area contributed by atoms with Crippen molar-refractivity contribution < 1.29 is 12.8 Å². The van der Waals surface area contributed by atoms with Gasteiger partial charge in [0.25, 0.3) is 10.0 Å². The van der Waals surface area contributed by atoms with E-state index in [0.29, 0.717) is 5.69 Å². The summed E-state index contributed by atoms with van der Waals surface area (Å²) in [6.07, 6.45) is 0. The number of nitrogens with two attached hydrogens (primary N) is 1.